The Morgan fingerprint density at radius 2 is 1.71 bits per heavy atom. The summed E-state index contributed by atoms with van der Waals surface area (Å²) in [6.07, 6.45) is 5.01. The van der Waals surface area contributed by atoms with Gasteiger partial charge in [-0.1, -0.05) is 6.42 Å². The van der Waals surface area contributed by atoms with Crippen LogP contribution in [-0.4, -0.2) is 31.2 Å². The molecule has 7 heavy (non-hydrogen) atoms. The molecule has 0 saturated carbocycles. The summed E-state index contributed by atoms with van der Waals surface area (Å²) in [5.41, 5.74) is 0. The first-order valence-electron chi connectivity index (χ1n) is 2.05. The normalized spacial score (nSPS) is 8.43. The Kier molecular flexibility index (Phi) is 2.24. The van der Waals surface area contributed by atoms with E-state index in [1.165, 1.54) is 0 Å². The van der Waals surface area contributed by atoms with Crippen LogP contribution in [0.1, 0.15) is 0 Å². The molecule has 0 fully saturated rings. The topological polar surface area (TPSA) is 6.48 Å². The Balaban J connectivity index is 3.40. The smallest absolute Gasteiger partial charge is 0.0320 e. The van der Waals surface area contributed by atoms with Gasteiger partial charge in [-0.25, -0.2) is 5.01 Å². The van der Waals surface area contributed by atoms with Crippen molar-refractivity contribution in [2.75, 3.05) is 21.1 Å². The third-order valence-electron chi connectivity index (χ3n) is 0.787. The van der Waals surface area contributed by atoms with Crippen LogP contribution in [0.4, 0.5) is 0 Å². The molecule has 0 aliphatic heterocycles. The Labute approximate surface area is 44.7 Å². The van der Waals surface area contributed by atoms with E-state index in [4.69, 9.17) is 6.42 Å². The summed E-state index contributed by atoms with van der Waals surface area (Å²) in [6.45, 7) is 0. The zero-order valence-electron chi connectivity index (χ0n) is 4.97. The van der Waals surface area contributed by atoms with Crippen LogP contribution in [0.5, 0.6) is 0 Å². The SMILES string of the molecule is C#CN(C)N(C)C. The van der Waals surface area contributed by atoms with Gasteiger partial charge < -0.3 is 0 Å². The molecule has 0 spiro atoms. The van der Waals surface area contributed by atoms with E-state index in [1.807, 2.05) is 26.2 Å². The first-order chi connectivity index (χ1) is 3.18. The van der Waals surface area contributed by atoms with E-state index in [0.717, 1.165) is 0 Å². The maximum absolute atomic E-state index is 5.01. The molecule has 0 saturated heterocycles. The number of hydrogen-bond acceptors (Lipinski definition) is 2. The van der Waals surface area contributed by atoms with Crippen LogP contribution < -0.4 is 0 Å². The molecule has 0 atom stereocenters. The fraction of sp³-hybridized carbons (Fsp3) is 0.600. The van der Waals surface area contributed by atoms with Crippen LogP contribution in [0.25, 0.3) is 0 Å². The number of hydrogen-bond donors (Lipinski definition) is 0. The highest BCUT2D eigenvalue weighted by Crippen LogP contribution is 1.77. The third kappa shape index (κ3) is 2.07. The lowest BCUT2D eigenvalue weighted by Crippen LogP contribution is -2.28. The van der Waals surface area contributed by atoms with Crippen LogP contribution >= 0.6 is 0 Å². The fourth-order valence-corrected chi connectivity index (χ4v) is 0.115. The summed E-state index contributed by atoms with van der Waals surface area (Å²) in [5, 5.41) is 3.47. The second-order valence-corrected chi connectivity index (χ2v) is 1.50. The maximum atomic E-state index is 5.01. The van der Waals surface area contributed by atoms with Crippen molar-refractivity contribution in [1.29, 1.82) is 0 Å². The molecular formula is C5H10N2. The molecule has 0 aliphatic carbocycles. The fourth-order valence-electron chi connectivity index (χ4n) is 0.115. The highest BCUT2D eigenvalue weighted by Gasteiger charge is 1.87. The van der Waals surface area contributed by atoms with Crippen molar-refractivity contribution >= 4 is 0 Å². The molecule has 0 aromatic carbocycles. The highest BCUT2D eigenvalue weighted by atomic mass is 15.6. The van der Waals surface area contributed by atoms with Crippen molar-refractivity contribution in [1.82, 2.24) is 10.0 Å². The summed E-state index contributed by atoms with van der Waals surface area (Å²) >= 11 is 0. The lowest BCUT2D eigenvalue weighted by molar-refractivity contribution is 0.130. The molecule has 0 bridgehead atoms. The second-order valence-electron chi connectivity index (χ2n) is 1.50. The van der Waals surface area contributed by atoms with E-state index < -0.39 is 0 Å². The van der Waals surface area contributed by atoms with E-state index >= 15 is 0 Å². The standard InChI is InChI=1S/C5H10N2/c1-5-7(4)6(2)3/h1H,2-4H3. The van der Waals surface area contributed by atoms with E-state index in [0.29, 0.717) is 0 Å². The van der Waals surface area contributed by atoms with Gasteiger partial charge in [-0.15, -0.1) is 0 Å². The number of nitrogens with zero attached hydrogens (tertiary/aromatic N) is 2. The molecular weight excluding hydrogens is 88.1 g/mol. The average molecular weight is 98.1 g/mol. The number of terminal acetylenes is 1. The van der Waals surface area contributed by atoms with E-state index in [-0.39, 0.29) is 0 Å². The van der Waals surface area contributed by atoms with Crippen molar-refractivity contribution < 1.29 is 0 Å². The summed E-state index contributed by atoms with van der Waals surface area (Å²) in [4.78, 5) is 0. The Hall–Kier alpha value is -0.680. The molecule has 0 heterocycles. The molecule has 0 N–H and O–H groups in total. The summed E-state index contributed by atoms with van der Waals surface area (Å²) in [5.74, 6) is 0. The molecule has 0 rings (SSSR count). The minimum atomic E-state index is 1.65. The first kappa shape index (κ1) is 6.32. The molecule has 0 amide bonds. The van der Waals surface area contributed by atoms with Crippen LogP contribution in [-0.2, 0) is 0 Å². The van der Waals surface area contributed by atoms with Gasteiger partial charge in [0.1, 0.15) is 0 Å². The molecule has 2 heteroatoms. The highest BCUT2D eigenvalue weighted by molar-refractivity contribution is 4.78. The Morgan fingerprint density at radius 3 is 1.71 bits per heavy atom. The number of hydrazine groups is 1. The van der Waals surface area contributed by atoms with Gasteiger partial charge in [-0.3, -0.25) is 5.01 Å². The minimum absolute atomic E-state index is 1.65. The summed E-state index contributed by atoms with van der Waals surface area (Å²) in [6, 6.07) is 2.42. The van der Waals surface area contributed by atoms with E-state index in [2.05, 4.69) is 6.04 Å². The van der Waals surface area contributed by atoms with Crippen LogP contribution in [0, 0.1) is 12.5 Å². The summed E-state index contributed by atoms with van der Waals surface area (Å²) < 4.78 is 0. The van der Waals surface area contributed by atoms with Crippen molar-refractivity contribution in [3.8, 4) is 12.5 Å². The molecule has 0 aromatic rings. The van der Waals surface area contributed by atoms with Crippen LogP contribution in [0.2, 0.25) is 0 Å². The Bertz CT molecular complexity index is 80.6. The van der Waals surface area contributed by atoms with Gasteiger partial charge in [-0.2, -0.15) is 0 Å². The first-order valence-corrected chi connectivity index (χ1v) is 2.05. The van der Waals surface area contributed by atoms with Gasteiger partial charge in [0.15, 0.2) is 0 Å². The van der Waals surface area contributed by atoms with E-state index in [1.54, 1.807) is 5.01 Å². The molecule has 0 radical (unpaired) electrons. The van der Waals surface area contributed by atoms with Gasteiger partial charge in [0, 0.05) is 27.2 Å². The minimum Gasteiger partial charge on any atom is -0.268 e. The van der Waals surface area contributed by atoms with Gasteiger partial charge >= 0.3 is 0 Å². The summed E-state index contributed by atoms with van der Waals surface area (Å²) in [7, 11) is 5.60. The predicted molar refractivity (Wildman–Crippen MR) is 30.3 cm³/mol. The van der Waals surface area contributed by atoms with Gasteiger partial charge in [0.05, 0.1) is 0 Å². The Morgan fingerprint density at radius 1 is 1.29 bits per heavy atom. The van der Waals surface area contributed by atoms with Gasteiger partial charge in [0.25, 0.3) is 0 Å². The monoisotopic (exact) mass is 98.1 g/mol. The van der Waals surface area contributed by atoms with Gasteiger partial charge in [-0.05, 0) is 0 Å². The molecule has 2 nitrogen and oxygen atoms in total. The quantitative estimate of drug-likeness (QED) is 0.258. The molecule has 0 aliphatic rings. The van der Waals surface area contributed by atoms with Crippen LogP contribution in [0.3, 0.4) is 0 Å². The molecule has 0 unspecified atom stereocenters. The lowest BCUT2D eigenvalue weighted by atomic mass is 10.9. The molecule has 40 valence electrons. The largest absolute Gasteiger partial charge is 0.268 e. The maximum Gasteiger partial charge on any atom is 0.0320 e. The second kappa shape index (κ2) is 2.49. The van der Waals surface area contributed by atoms with Crippen molar-refractivity contribution in [2.24, 2.45) is 0 Å². The zero-order chi connectivity index (χ0) is 5.86. The van der Waals surface area contributed by atoms with Crippen molar-refractivity contribution in [3.63, 3.8) is 0 Å². The third-order valence-corrected chi connectivity index (χ3v) is 0.787. The number of rotatable bonds is 1. The van der Waals surface area contributed by atoms with Gasteiger partial charge in [0.2, 0.25) is 0 Å². The average Bonchev–Trinajstić information content (AvgIpc) is 1.65. The zero-order valence-corrected chi connectivity index (χ0v) is 4.97. The van der Waals surface area contributed by atoms with Crippen molar-refractivity contribution in [2.45, 2.75) is 0 Å². The molecule has 0 aromatic heterocycles. The van der Waals surface area contributed by atoms with E-state index in [9.17, 15) is 0 Å². The van der Waals surface area contributed by atoms with Crippen molar-refractivity contribution in [3.05, 3.63) is 0 Å². The lowest BCUT2D eigenvalue weighted by Gasteiger charge is -2.17. The predicted octanol–water partition coefficient (Wildman–Crippen LogP) is -0.0145. The van der Waals surface area contributed by atoms with Crippen LogP contribution in [0.15, 0.2) is 0 Å².